The van der Waals surface area contributed by atoms with Gasteiger partial charge >= 0.3 is 0 Å². The molecule has 25 heavy (non-hydrogen) atoms. The largest absolute Gasteiger partial charge is 0.495 e. The van der Waals surface area contributed by atoms with Crippen molar-refractivity contribution in [2.75, 3.05) is 20.2 Å². The number of likely N-dealkylation sites (tertiary alicyclic amines) is 1. The summed E-state index contributed by atoms with van der Waals surface area (Å²) in [7, 11) is -2.29. The van der Waals surface area contributed by atoms with Crippen molar-refractivity contribution in [3.8, 4) is 5.75 Å². The van der Waals surface area contributed by atoms with E-state index in [0.29, 0.717) is 18.7 Å². The van der Waals surface area contributed by atoms with E-state index in [9.17, 15) is 13.2 Å². The molecule has 9 heteroatoms. The molecule has 3 N–H and O–H groups in total. The predicted octanol–water partition coefficient (Wildman–Crippen LogP) is 1.12. The third kappa shape index (κ3) is 4.25. The van der Waals surface area contributed by atoms with E-state index in [1.54, 1.807) is 11.0 Å². The van der Waals surface area contributed by atoms with Crippen LogP contribution in [-0.4, -0.2) is 51.5 Å². The summed E-state index contributed by atoms with van der Waals surface area (Å²) in [4.78, 5) is 14.5. The van der Waals surface area contributed by atoms with Crippen LogP contribution in [0.25, 0.3) is 0 Å². The first-order valence-corrected chi connectivity index (χ1v) is 9.66. The Morgan fingerprint density at radius 1 is 1.36 bits per heavy atom. The molecule has 2 fully saturated rings. The molecule has 0 bridgehead atoms. The van der Waals surface area contributed by atoms with Gasteiger partial charge in [0.05, 0.1) is 7.11 Å². The van der Waals surface area contributed by atoms with Gasteiger partial charge in [-0.15, -0.1) is 12.4 Å². The molecule has 7 nitrogen and oxygen atoms in total. The Morgan fingerprint density at radius 2 is 2.08 bits per heavy atom. The molecule has 3 rings (SSSR count). The van der Waals surface area contributed by atoms with Gasteiger partial charge in [-0.05, 0) is 43.9 Å². The Balaban J connectivity index is 0.00000225. The van der Waals surface area contributed by atoms with Crippen LogP contribution in [0.1, 0.15) is 36.0 Å². The Bertz CT molecular complexity index is 737. The Labute approximate surface area is 154 Å². The lowest BCUT2D eigenvalue weighted by molar-refractivity contribution is 0.0741. The van der Waals surface area contributed by atoms with Gasteiger partial charge in [-0.2, -0.15) is 0 Å². The molecule has 1 aromatic rings. The van der Waals surface area contributed by atoms with E-state index in [2.05, 4.69) is 4.72 Å². The van der Waals surface area contributed by atoms with E-state index in [0.717, 1.165) is 25.7 Å². The minimum atomic E-state index is -3.71. The minimum Gasteiger partial charge on any atom is -0.495 e. The highest BCUT2D eigenvalue weighted by Gasteiger charge is 2.32. The first-order chi connectivity index (χ1) is 11.5. The number of halogens is 1. The second-order valence-electron chi connectivity index (χ2n) is 6.29. The van der Waals surface area contributed by atoms with E-state index in [1.807, 2.05) is 0 Å². The highest BCUT2D eigenvalue weighted by Crippen LogP contribution is 2.29. The minimum absolute atomic E-state index is 0. The highest BCUT2D eigenvalue weighted by molar-refractivity contribution is 7.89. The molecule has 1 amide bonds. The quantitative estimate of drug-likeness (QED) is 0.759. The number of hydrogen-bond donors (Lipinski definition) is 2. The first kappa shape index (κ1) is 20.0. The zero-order valence-electron chi connectivity index (χ0n) is 14.1. The van der Waals surface area contributed by atoms with E-state index in [4.69, 9.17) is 10.5 Å². The Kier molecular flexibility index (Phi) is 6.31. The molecule has 1 atom stereocenters. The van der Waals surface area contributed by atoms with Crippen LogP contribution in [0, 0.1) is 0 Å². The summed E-state index contributed by atoms with van der Waals surface area (Å²) < 4.78 is 32.9. The molecule has 140 valence electrons. The van der Waals surface area contributed by atoms with Crippen LogP contribution in [-0.2, 0) is 10.0 Å². The summed E-state index contributed by atoms with van der Waals surface area (Å²) in [5.74, 6) is 0.0463. The SMILES string of the molecule is COc1ccc(C(=O)N2CCCC2CN)cc1S(=O)(=O)NC1CC1.Cl. The van der Waals surface area contributed by atoms with Gasteiger partial charge in [0.2, 0.25) is 10.0 Å². The lowest BCUT2D eigenvalue weighted by atomic mass is 10.1. The van der Waals surface area contributed by atoms with Crippen LogP contribution in [0.4, 0.5) is 0 Å². The second kappa shape index (κ2) is 7.90. The van der Waals surface area contributed by atoms with Crippen molar-refractivity contribution in [1.82, 2.24) is 9.62 Å². The smallest absolute Gasteiger partial charge is 0.254 e. The average molecular weight is 390 g/mol. The van der Waals surface area contributed by atoms with Gasteiger partial charge in [0.15, 0.2) is 0 Å². The molecule has 1 heterocycles. The van der Waals surface area contributed by atoms with Gasteiger partial charge in [0, 0.05) is 30.7 Å². The topological polar surface area (TPSA) is 102 Å². The highest BCUT2D eigenvalue weighted by atomic mass is 35.5. The molecule has 1 aromatic carbocycles. The number of benzene rings is 1. The third-order valence-electron chi connectivity index (χ3n) is 4.51. The van der Waals surface area contributed by atoms with Crippen molar-refractivity contribution >= 4 is 28.3 Å². The summed E-state index contributed by atoms with van der Waals surface area (Å²) in [6, 6.07) is 4.53. The Morgan fingerprint density at radius 3 is 2.68 bits per heavy atom. The summed E-state index contributed by atoms with van der Waals surface area (Å²) in [5, 5.41) is 0. The summed E-state index contributed by atoms with van der Waals surface area (Å²) >= 11 is 0. The predicted molar refractivity (Wildman–Crippen MR) is 96.7 cm³/mol. The third-order valence-corrected chi connectivity index (χ3v) is 6.05. The van der Waals surface area contributed by atoms with Gasteiger partial charge in [-0.1, -0.05) is 0 Å². The van der Waals surface area contributed by atoms with E-state index >= 15 is 0 Å². The number of carbonyl (C=O) groups excluding carboxylic acids is 1. The number of amides is 1. The normalized spacial score (nSPS) is 20.2. The number of ether oxygens (including phenoxy) is 1. The molecule has 2 aliphatic rings. The van der Waals surface area contributed by atoms with Crippen molar-refractivity contribution in [1.29, 1.82) is 0 Å². The molecular weight excluding hydrogens is 366 g/mol. The number of carbonyl (C=O) groups is 1. The lowest BCUT2D eigenvalue weighted by Crippen LogP contribution is -2.40. The number of sulfonamides is 1. The monoisotopic (exact) mass is 389 g/mol. The van der Waals surface area contributed by atoms with Crippen LogP contribution in [0.2, 0.25) is 0 Å². The molecule has 0 spiro atoms. The molecule has 1 aliphatic carbocycles. The van der Waals surface area contributed by atoms with Crippen LogP contribution < -0.4 is 15.2 Å². The van der Waals surface area contributed by atoms with Crippen molar-refractivity contribution in [2.24, 2.45) is 5.73 Å². The lowest BCUT2D eigenvalue weighted by Gasteiger charge is -2.24. The van der Waals surface area contributed by atoms with Crippen LogP contribution in [0.5, 0.6) is 5.75 Å². The van der Waals surface area contributed by atoms with Gasteiger partial charge in [-0.25, -0.2) is 13.1 Å². The number of nitrogens with zero attached hydrogens (tertiary/aromatic N) is 1. The maximum atomic E-state index is 12.7. The first-order valence-electron chi connectivity index (χ1n) is 8.17. The van der Waals surface area contributed by atoms with Gasteiger partial charge in [0.25, 0.3) is 5.91 Å². The molecule has 0 radical (unpaired) electrons. The number of nitrogens with one attached hydrogen (secondary N) is 1. The number of rotatable bonds is 6. The van der Waals surface area contributed by atoms with E-state index in [1.165, 1.54) is 19.2 Å². The van der Waals surface area contributed by atoms with Gasteiger partial charge in [0.1, 0.15) is 10.6 Å². The molecule has 1 aliphatic heterocycles. The maximum Gasteiger partial charge on any atom is 0.254 e. The second-order valence-corrected chi connectivity index (χ2v) is 7.97. The van der Waals surface area contributed by atoms with Crippen molar-refractivity contribution < 1.29 is 17.9 Å². The summed E-state index contributed by atoms with van der Waals surface area (Å²) in [6.07, 6.45) is 3.48. The zero-order chi connectivity index (χ0) is 17.3. The fourth-order valence-corrected chi connectivity index (χ4v) is 4.52. The fraction of sp³-hybridized carbons (Fsp3) is 0.562. The average Bonchev–Trinajstić information content (AvgIpc) is 3.25. The van der Waals surface area contributed by atoms with Gasteiger partial charge in [-0.3, -0.25) is 4.79 Å². The van der Waals surface area contributed by atoms with Crippen molar-refractivity contribution in [3.05, 3.63) is 23.8 Å². The van der Waals surface area contributed by atoms with Crippen LogP contribution in [0.15, 0.2) is 23.1 Å². The molecular formula is C16H24ClN3O4S. The number of hydrogen-bond acceptors (Lipinski definition) is 5. The fourth-order valence-electron chi connectivity index (χ4n) is 3.02. The van der Waals surface area contributed by atoms with Gasteiger partial charge < -0.3 is 15.4 Å². The summed E-state index contributed by atoms with van der Waals surface area (Å²) in [6.45, 7) is 1.06. The summed E-state index contributed by atoms with van der Waals surface area (Å²) in [5.41, 5.74) is 6.07. The van der Waals surface area contributed by atoms with Crippen molar-refractivity contribution in [3.63, 3.8) is 0 Å². The van der Waals surface area contributed by atoms with E-state index in [-0.39, 0.29) is 41.0 Å². The number of nitrogens with two attached hydrogens (primary N) is 1. The van der Waals surface area contributed by atoms with Crippen LogP contribution >= 0.6 is 12.4 Å². The molecule has 0 aromatic heterocycles. The standard InChI is InChI=1S/C16H23N3O4S.ClH/c1-23-14-7-4-11(16(20)19-8-2-3-13(19)10-17)9-15(14)24(21,22)18-12-5-6-12;/h4,7,9,12-13,18H,2-3,5-6,8,10,17H2,1H3;1H. The van der Waals surface area contributed by atoms with E-state index < -0.39 is 10.0 Å². The Hall–Kier alpha value is -1.35. The zero-order valence-corrected chi connectivity index (χ0v) is 15.7. The maximum absolute atomic E-state index is 12.7. The number of methoxy groups -OCH3 is 1. The van der Waals surface area contributed by atoms with Crippen molar-refractivity contribution in [2.45, 2.75) is 42.7 Å². The molecule has 1 unspecified atom stereocenters. The van der Waals surface area contributed by atoms with Crippen LogP contribution in [0.3, 0.4) is 0 Å². The molecule has 1 saturated heterocycles. The molecule has 1 saturated carbocycles.